The minimum atomic E-state index is -3.34. The number of nitrogens with one attached hydrogen (secondary N) is 1. The summed E-state index contributed by atoms with van der Waals surface area (Å²) in [4.78, 5) is 6.03. The van der Waals surface area contributed by atoms with Crippen LogP contribution in [0.3, 0.4) is 0 Å². The highest BCUT2D eigenvalue weighted by molar-refractivity contribution is 7.89. The van der Waals surface area contributed by atoms with Gasteiger partial charge in [0.2, 0.25) is 10.0 Å². The number of rotatable bonds is 7. The van der Waals surface area contributed by atoms with Crippen LogP contribution < -0.4 is 10.5 Å². The maximum atomic E-state index is 11.9. The highest BCUT2D eigenvalue weighted by Crippen LogP contribution is 2.24. The lowest BCUT2D eigenvalue weighted by Crippen LogP contribution is -2.36. The van der Waals surface area contributed by atoms with Crippen molar-refractivity contribution in [2.24, 2.45) is 10.7 Å². The van der Waals surface area contributed by atoms with Crippen molar-refractivity contribution in [2.75, 3.05) is 19.3 Å². The van der Waals surface area contributed by atoms with E-state index in [4.69, 9.17) is 5.73 Å². The van der Waals surface area contributed by atoms with Crippen molar-refractivity contribution in [1.29, 1.82) is 0 Å². The predicted octanol–water partition coefficient (Wildman–Crippen LogP) is 0.515. The number of aliphatic imine (C=N–C) groups is 1. The zero-order valence-corrected chi connectivity index (χ0v) is 13.0. The maximum Gasteiger partial charge on any atom is 0.213 e. The number of benzene rings is 1. The molecule has 0 radical (unpaired) electrons. The van der Waals surface area contributed by atoms with Gasteiger partial charge in [-0.05, 0) is 18.4 Å². The topological polar surface area (TPSA) is 87.8 Å². The minimum absolute atomic E-state index is 0.0565. The second-order valence-corrected chi connectivity index (χ2v) is 7.13. The summed E-state index contributed by atoms with van der Waals surface area (Å²) in [5.74, 6) is 0.356. The Morgan fingerprint density at radius 3 is 2.67 bits per heavy atom. The van der Waals surface area contributed by atoms with Gasteiger partial charge in [0.25, 0.3) is 0 Å². The normalized spacial score (nSPS) is 16.0. The van der Waals surface area contributed by atoms with Crippen LogP contribution in [-0.2, 0) is 16.6 Å². The highest BCUT2D eigenvalue weighted by atomic mass is 32.2. The van der Waals surface area contributed by atoms with Crippen LogP contribution in [0.4, 0.5) is 0 Å². The van der Waals surface area contributed by atoms with Crippen LogP contribution in [0, 0.1) is 0 Å². The third-order valence-corrected chi connectivity index (χ3v) is 4.73. The van der Waals surface area contributed by atoms with Gasteiger partial charge in [0.1, 0.15) is 0 Å². The van der Waals surface area contributed by atoms with Gasteiger partial charge < -0.3 is 10.6 Å². The fourth-order valence-corrected chi connectivity index (χ4v) is 2.76. The average molecular weight is 310 g/mol. The Morgan fingerprint density at radius 1 is 1.38 bits per heavy atom. The standard InChI is InChI=1S/C14H22N4O2S/c1-18(13-7-8-13)14(15)16-9-10-21(19,20)17-11-12-5-3-2-4-6-12/h2-6,13,17H,7-11H2,1H3,(H2,15,16). The molecule has 21 heavy (non-hydrogen) atoms. The maximum absolute atomic E-state index is 11.9. The van der Waals surface area contributed by atoms with Crippen LogP contribution in [0.15, 0.2) is 35.3 Å². The molecule has 0 saturated heterocycles. The molecule has 0 amide bonds. The first-order chi connectivity index (χ1) is 9.98. The van der Waals surface area contributed by atoms with Gasteiger partial charge in [-0.1, -0.05) is 30.3 Å². The summed E-state index contributed by atoms with van der Waals surface area (Å²) >= 11 is 0. The van der Waals surface area contributed by atoms with Crippen molar-refractivity contribution in [1.82, 2.24) is 9.62 Å². The van der Waals surface area contributed by atoms with E-state index in [1.165, 1.54) is 0 Å². The van der Waals surface area contributed by atoms with Crippen molar-refractivity contribution >= 4 is 16.0 Å². The molecule has 1 fully saturated rings. The van der Waals surface area contributed by atoms with Gasteiger partial charge >= 0.3 is 0 Å². The molecule has 0 bridgehead atoms. The summed E-state index contributed by atoms with van der Waals surface area (Å²) in [5.41, 5.74) is 6.74. The van der Waals surface area contributed by atoms with Crippen LogP contribution >= 0.6 is 0 Å². The zero-order chi connectivity index (χ0) is 15.3. The molecule has 3 N–H and O–H groups in total. The molecule has 0 unspecified atom stereocenters. The van der Waals surface area contributed by atoms with E-state index in [2.05, 4.69) is 9.71 Å². The first kappa shape index (κ1) is 15.8. The van der Waals surface area contributed by atoms with E-state index in [-0.39, 0.29) is 12.3 Å². The molecule has 6 nitrogen and oxygen atoms in total. The van der Waals surface area contributed by atoms with Gasteiger partial charge in [0.15, 0.2) is 5.96 Å². The summed E-state index contributed by atoms with van der Waals surface area (Å²) in [7, 11) is -1.45. The number of sulfonamides is 1. The molecule has 0 atom stereocenters. The van der Waals surface area contributed by atoms with Gasteiger partial charge in [0.05, 0.1) is 12.3 Å². The fraction of sp³-hybridized carbons (Fsp3) is 0.500. The van der Waals surface area contributed by atoms with Crippen LogP contribution in [0.5, 0.6) is 0 Å². The van der Waals surface area contributed by atoms with Crippen molar-refractivity contribution in [2.45, 2.75) is 25.4 Å². The molecule has 1 saturated carbocycles. The fourth-order valence-electron chi connectivity index (χ4n) is 1.90. The smallest absolute Gasteiger partial charge is 0.213 e. The van der Waals surface area contributed by atoms with Crippen LogP contribution in [0.1, 0.15) is 18.4 Å². The summed E-state index contributed by atoms with van der Waals surface area (Å²) in [5, 5.41) is 0. The molecule has 7 heteroatoms. The lowest BCUT2D eigenvalue weighted by atomic mass is 10.2. The summed E-state index contributed by atoms with van der Waals surface area (Å²) in [6.45, 7) is 0.470. The largest absolute Gasteiger partial charge is 0.370 e. The Balaban J connectivity index is 1.77. The zero-order valence-electron chi connectivity index (χ0n) is 12.2. The van der Waals surface area contributed by atoms with Crippen LogP contribution in [-0.4, -0.2) is 44.7 Å². The molecule has 116 valence electrons. The van der Waals surface area contributed by atoms with E-state index in [9.17, 15) is 8.42 Å². The van der Waals surface area contributed by atoms with E-state index < -0.39 is 10.0 Å². The van der Waals surface area contributed by atoms with Crippen molar-refractivity contribution in [3.05, 3.63) is 35.9 Å². The molecule has 1 aliphatic rings. The van der Waals surface area contributed by atoms with Crippen molar-refractivity contribution in [3.8, 4) is 0 Å². The van der Waals surface area contributed by atoms with Gasteiger partial charge in [-0.15, -0.1) is 0 Å². The average Bonchev–Trinajstić information content (AvgIpc) is 3.30. The Bertz CT molecular complexity index is 582. The third-order valence-electron chi connectivity index (χ3n) is 3.43. The number of guanidine groups is 1. The molecule has 2 rings (SSSR count). The van der Waals surface area contributed by atoms with Crippen molar-refractivity contribution in [3.63, 3.8) is 0 Å². The summed E-state index contributed by atoms with van der Waals surface area (Å²) in [6.07, 6.45) is 2.26. The minimum Gasteiger partial charge on any atom is -0.370 e. The van der Waals surface area contributed by atoms with E-state index >= 15 is 0 Å². The molecule has 0 aromatic heterocycles. The van der Waals surface area contributed by atoms with Gasteiger partial charge in [-0.3, -0.25) is 4.99 Å². The predicted molar refractivity (Wildman–Crippen MR) is 84.3 cm³/mol. The summed E-state index contributed by atoms with van der Waals surface area (Å²) < 4.78 is 26.3. The Kier molecular flexibility index (Phi) is 5.19. The quantitative estimate of drug-likeness (QED) is 0.567. The first-order valence-corrected chi connectivity index (χ1v) is 8.67. The second-order valence-electron chi connectivity index (χ2n) is 5.21. The molecular weight excluding hydrogens is 288 g/mol. The highest BCUT2D eigenvalue weighted by Gasteiger charge is 2.27. The van der Waals surface area contributed by atoms with Crippen molar-refractivity contribution < 1.29 is 8.42 Å². The SMILES string of the molecule is CN(C(N)=NCCS(=O)(=O)NCc1ccccc1)C1CC1. The number of nitrogens with two attached hydrogens (primary N) is 1. The number of hydrogen-bond acceptors (Lipinski definition) is 3. The molecule has 1 aliphatic carbocycles. The van der Waals surface area contributed by atoms with Gasteiger partial charge in [-0.25, -0.2) is 13.1 Å². The molecule has 0 heterocycles. The van der Waals surface area contributed by atoms with Gasteiger partial charge in [0, 0.05) is 19.6 Å². The lowest BCUT2D eigenvalue weighted by molar-refractivity contribution is 0.488. The van der Waals surface area contributed by atoms with Crippen LogP contribution in [0.2, 0.25) is 0 Å². The Hall–Kier alpha value is -1.60. The Labute approximate surface area is 126 Å². The molecule has 0 aliphatic heterocycles. The van der Waals surface area contributed by atoms with E-state index in [0.29, 0.717) is 18.5 Å². The Morgan fingerprint density at radius 2 is 2.05 bits per heavy atom. The van der Waals surface area contributed by atoms with Crippen LogP contribution in [0.25, 0.3) is 0 Å². The number of hydrogen-bond donors (Lipinski definition) is 2. The van der Waals surface area contributed by atoms with Gasteiger partial charge in [-0.2, -0.15) is 0 Å². The molecule has 1 aromatic carbocycles. The number of nitrogens with zero attached hydrogens (tertiary/aromatic N) is 2. The van der Waals surface area contributed by atoms with E-state index in [0.717, 1.165) is 18.4 Å². The molecule has 1 aromatic rings. The molecule has 0 spiro atoms. The van der Waals surface area contributed by atoms with E-state index in [1.54, 1.807) is 0 Å². The summed E-state index contributed by atoms with van der Waals surface area (Å²) in [6, 6.07) is 9.88. The molecular formula is C14H22N4O2S. The lowest BCUT2D eigenvalue weighted by Gasteiger charge is -2.16. The third kappa shape index (κ3) is 5.35. The monoisotopic (exact) mass is 310 g/mol. The first-order valence-electron chi connectivity index (χ1n) is 7.02. The van der Waals surface area contributed by atoms with E-state index in [1.807, 2.05) is 42.3 Å². The second kappa shape index (κ2) is 6.91.